The van der Waals surface area contributed by atoms with Gasteiger partial charge < -0.3 is 20.1 Å². The van der Waals surface area contributed by atoms with Crippen LogP contribution in [-0.2, 0) is 9.59 Å². The third-order valence-electron chi connectivity index (χ3n) is 3.87. The number of nitrogens with zero attached hydrogens (tertiary/aromatic N) is 1. The predicted molar refractivity (Wildman–Crippen MR) is 120 cm³/mol. The lowest BCUT2D eigenvalue weighted by molar-refractivity contribution is -0.119. The molecule has 0 aliphatic heterocycles. The maximum atomic E-state index is 12.5. The Morgan fingerprint density at radius 1 is 0.900 bits per heavy atom. The number of likely N-dealkylation sites (N-methyl/N-ethyl adjacent to an activating group) is 1. The second-order valence-electron chi connectivity index (χ2n) is 6.42. The molecule has 0 aliphatic rings. The van der Waals surface area contributed by atoms with E-state index in [-0.39, 0.29) is 24.9 Å². The third-order valence-corrected chi connectivity index (χ3v) is 4.61. The van der Waals surface area contributed by atoms with E-state index in [0.717, 1.165) is 0 Å². The van der Waals surface area contributed by atoms with Crippen LogP contribution < -0.4 is 20.1 Å². The summed E-state index contributed by atoms with van der Waals surface area (Å²) >= 11 is 11.8. The molecule has 0 saturated heterocycles. The highest BCUT2D eigenvalue weighted by Crippen LogP contribution is 2.29. The van der Waals surface area contributed by atoms with Gasteiger partial charge in [0.25, 0.3) is 0 Å². The summed E-state index contributed by atoms with van der Waals surface area (Å²) in [5.74, 6) is 0.617. The van der Waals surface area contributed by atoms with Crippen molar-refractivity contribution in [1.29, 1.82) is 0 Å². The zero-order chi connectivity index (χ0) is 22.1. The molecular weight excluding hydrogens is 429 g/mol. The third kappa shape index (κ3) is 7.40. The first kappa shape index (κ1) is 23.8. The molecule has 0 saturated carbocycles. The Bertz CT molecular complexity index is 893. The van der Waals surface area contributed by atoms with Gasteiger partial charge >= 0.3 is 0 Å². The fourth-order valence-corrected chi connectivity index (χ4v) is 2.95. The van der Waals surface area contributed by atoms with E-state index in [1.165, 1.54) is 0 Å². The Kier molecular flexibility index (Phi) is 9.23. The van der Waals surface area contributed by atoms with E-state index in [9.17, 15) is 9.59 Å². The maximum Gasteiger partial charge on any atom is 0.238 e. The van der Waals surface area contributed by atoms with Crippen molar-refractivity contribution in [2.24, 2.45) is 0 Å². The van der Waals surface area contributed by atoms with E-state index in [2.05, 4.69) is 10.6 Å². The highest BCUT2D eigenvalue weighted by Gasteiger charge is 2.14. The largest absolute Gasteiger partial charge is 0.494 e. The Labute approximate surface area is 186 Å². The molecule has 30 heavy (non-hydrogen) atoms. The van der Waals surface area contributed by atoms with Crippen molar-refractivity contribution in [3.8, 4) is 11.5 Å². The van der Waals surface area contributed by atoms with Gasteiger partial charge in [-0.15, -0.1) is 0 Å². The van der Waals surface area contributed by atoms with Gasteiger partial charge in [-0.3, -0.25) is 14.5 Å². The summed E-state index contributed by atoms with van der Waals surface area (Å²) in [4.78, 5) is 26.3. The number of halogens is 2. The molecule has 0 atom stereocenters. The van der Waals surface area contributed by atoms with Gasteiger partial charge in [0.05, 0.1) is 42.0 Å². The lowest BCUT2D eigenvalue weighted by atomic mass is 10.2. The highest BCUT2D eigenvalue weighted by atomic mass is 35.5. The molecule has 2 N–H and O–H groups in total. The normalized spacial score (nSPS) is 10.6. The molecule has 0 unspecified atom stereocenters. The molecule has 7 nitrogen and oxygen atoms in total. The van der Waals surface area contributed by atoms with Crippen LogP contribution in [0.4, 0.5) is 11.4 Å². The van der Waals surface area contributed by atoms with Crippen molar-refractivity contribution in [2.45, 2.75) is 13.8 Å². The molecule has 0 fully saturated rings. The van der Waals surface area contributed by atoms with Gasteiger partial charge in [-0.2, -0.15) is 0 Å². The van der Waals surface area contributed by atoms with E-state index >= 15 is 0 Å². The highest BCUT2D eigenvalue weighted by molar-refractivity contribution is 6.42. The molecule has 0 heterocycles. The summed E-state index contributed by atoms with van der Waals surface area (Å²) in [6.07, 6.45) is 0. The minimum Gasteiger partial charge on any atom is -0.494 e. The van der Waals surface area contributed by atoms with Crippen molar-refractivity contribution in [3.63, 3.8) is 0 Å². The van der Waals surface area contributed by atoms with Gasteiger partial charge in [0.1, 0.15) is 11.5 Å². The SMILES string of the molecule is CCOc1ccc(OCC)c(NC(=O)CN(C)CC(=O)Nc2ccc(Cl)c(Cl)c2)c1. The van der Waals surface area contributed by atoms with Crippen LogP contribution in [0.3, 0.4) is 0 Å². The van der Waals surface area contributed by atoms with Crippen LogP contribution in [0.5, 0.6) is 11.5 Å². The molecule has 0 bridgehead atoms. The average Bonchev–Trinajstić information content (AvgIpc) is 2.66. The number of carbonyl (C=O) groups is 2. The molecule has 2 amide bonds. The smallest absolute Gasteiger partial charge is 0.238 e. The number of amides is 2. The van der Waals surface area contributed by atoms with E-state index in [1.54, 1.807) is 48.3 Å². The number of ether oxygens (including phenoxy) is 2. The Morgan fingerprint density at radius 3 is 2.20 bits per heavy atom. The minimum absolute atomic E-state index is 0.0131. The number of carbonyl (C=O) groups excluding carboxylic acids is 2. The average molecular weight is 454 g/mol. The van der Waals surface area contributed by atoms with Crippen LogP contribution in [0, 0.1) is 0 Å². The molecule has 0 aromatic heterocycles. The molecule has 0 spiro atoms. The fourth-order valence-electron chi connectivity index (χ4n) is 2.65. The van der Waals surface area contributed by atoms with E-state index in [1.807, 2.05) is 13.8 Å². The topological polar surface area (TPSA) is 79.9 Å². The van der Waals surface area contributed by atoms with Crippen molar-refractivity contribution in [2.75, 3.05) is 44.0 Å². The molecular formula is C21H25Cl2N3O4. The zero-order valence-electron chi connectivity index (χ0n) is 17.1. The van der Waals surface area contributed by atoms with Crippen molar-refractivity contribution < 1.29 is 19.1 Å². The van der Waals surface area contributed by atoms with Gasteiger partial charge in [0.2, 0.25) is 11.8 Å². The summed E-state index contributed by atoms with van der Waals surface area (Å²) in [6.45, 7) is 4.75. The molecule has 2 aromatic carbocycles. The van der Waals surface area contributed by atoms with Crippen LogP contribution in [0.25, 0.3) is 0 Å². The lowest BCUT2D eigenvalue weighted by Crippen LogP contribution is -2.36. The second kappa shape index (κ2) is 11.6. The first-order chi connectivity index (χ1) is 14.3. The van der Waals surface area contributed by atoms with Gasteiger partial charge in [-0.25, -0.2) is 0 Å². The standard InChI is InChI=1S/C21H25Cl2N3O4/c1-4-29-15-7-9-19(30-5-2)18(11-15)25-21(28)13-26(3)12-20(27)24-14-6-8-16(22)17(23)10-14/h6-11H,4-5,12-13H2,1-3H3,(H,24,27)(H,25,28). The summed E-state index contributed by atoms with van der Waals surface area (Å²) in [7, 11) is 1.67. The van der Waals surface area contributed by atoms with Crippen LogP contribution >= 0.6 is 23.2 Å². The molecule has 162 valence electrons. The van der Waals surface area contributed by atoms with E-state index < -0.39 is 0 Å². The lowest BCUT2D eigenvalue weighted by Gasteiger charge is -2.18. The van der Waals surface area contributed by atoms with Crippen molar-refractivity contribution in [1.82, 2.24) is 4.90 Å². The Morgan fingerprint density at radius 2 is 1.57 bits per heavy atom. The molecule has 2 aromatic rings. The maximum absolute atomic E-state index is 12.5. The molecule has 9 heteroatoms. The quantitative estimate of drug-likeness (QED) is 0.560. The van der Waals surface area contributed by atoms with Crippen LogP contribution in [0.1, 0.15) is 13.8 Å². The number of nitrogens with one attached hydrogen (secondary N) is 2. The first-order valence-electron chi connectivity index (χ1n) is 9.45. The number of rotatable bonds is 10. The molecule has 0 aliphatic carbocycles. The van der Waals surface area contributed by atoms with E-state index in [0.29, 0.717) is 46.1 Å². The van der Waals surface area contributed by atoms with Crippen LogP contribution in [-0.4, -0.2) is 50.1 Å². The summed E-state index contributed by atoms with van der Waals surface area (Å²) in [6, 6.07) is 10.1. The molecule has 0 radical (unpaired) electrons. The first-order valence-corrected chi connectivity index (χ1v) is 10.2. The summed E-state index contributed by atoms with van der Waals surface area (Å²) in [5, 5.41) is 6.29. The summed E-state index contributed by atoms with van der Waals surface area (Å²) in [5.41, 5.74) is 1.04. The minimum atomic E-state index is -0.283. The number of hydrogen-bond donors (Lipinski definition) is 2. The Hall–Kier alpha value is -2.48. The van der Waals surface area contributed by atoms with Gasteiger partial charge in [-0.1, -0.05) is 23.2 Å². The van der Waals surface area contributed by atoms with Gasteiger partial charge in [0.15, 0.2) is 0 Å². The summed E-state index contributed by atoms with van der Waals surface area (Å²) < 4.78 is 11.0. The van der Waals surface area contributed by atoms with Gasteiger partial charge in [-0.05, 0) is 51.2 Å². The monoisotopic (exact) mass is 453 g/mol. The van der Waals surface area contributed by atoms with Gasteiger partial charge in [0, 0.05) is 11.8 Å². The predicted octanol–water partition coefficient (Wildman–Crippen LogP) is 4.30. The van der Waals surface area contributed by atoms with E-state index in [4.69, 9.17) is 32.7 Å². The zero-order valence-corrected chi connectivity index (χ0v) is 18.6. The Balaban J connectivity index is 1.92. The number of hydrogen-bond acceptors (Lipinski definition) is 5. The second-order valence-corrected chi connectivity index (χ2v) is 7.24. The number of benzene rings is 2. The molecule has 2 rings (SSSR count). The van der Waals surface area contributed by atoms with Crippen LogP contribution in [0.15, 0.2) is 36.4 Å². The fraction of sp³-hybridized carbons (Fsp3) is 0.333. The van der Waals surface area contributed by atoms with Crippen molar-refractivity contribution in [3.05, 3.63) is 46.4 Å². The van der Waals surface area contributed by atoms with Crippen LogP contribution in [0.2, 0.25) is 10.0 Å². The number of anilines is 2. The van der Waals surface area contributed by atoms with Crippen molar-refractivity contribution >= 4 is 46.4 Å².